The fourth-order valence-electron chi connectivity index (χ4n) is 0.646. The molecule has 1 rings (SSSR count). The van der Waals surface area contributed by atoms with Gasteiger partial charge in [-0.3, -0.25) is 10.1 Å². The van der Waals surface area contributed by atoms with Crippen LogP contribution in [0.1, 0.15) is 5.56 Å². The van der Waals surface area contributed by atoms with Gasteiger partial charge in [0.05, 0.1) is 0 Å². The molecule has 0 N–H and O–H groups in total. The predicted molar refractivity (Wildman–Crippen MR) is 44.6 cm³/mol. The quantitative estimate of drug-likeness (QED) is 0.314. The minimum absolute atomic E-state index is 0. The maximum Gasteiger partial charge on any atom is 1.00 e. The van der Waals surface area contributed by atoms with Gasteiger partial charge in [-0.15, -0.1) is 6.07 Å². The summed E-state index contributed by atoms with van der Waals surface area (Å²) in [7, 11) is 0. The third-order valence-electron chi connectivity index (χ3n) is 1.22. The molecule has 0 amide bonds. The molecular weight excluding hydrogens is 295 g/mol. The zero-order valence-corrected chi connectivity index (χ0v) is 13.1. The van der Waals surface area contributed by atoms with Gasteiger partial charge in [0, 0.05) is 10.3 Å². The van der Waals surface area contributed by atoms with E-state index < -0.39 is 4.92 Å². The van der Waals surface area contributed by atoms with Gasteiger partial charge in [-0.05, 0) is 0 Å². The Hall–Kier alpha value is 0.905. The minimum atomic E-state index is -0.436. The monoisotopic (exact) mass is 299 g/mol. The number of halogens is 1. The Morgan fingerprint density at radius 3 is 2.58 bits per heavy atom. The van der Waals surface area contributed by atoms with Gasteiger partial charge in [0.2, 0.25) is 0 Å². The molecule has 5 heteroatoms. The van der Waals surface area contributed by atoms with E-state index in [1.165, 1.54) is 12.1 Å². The molecule has 0 atom stereocenters. The van der Waals surface area contributed by atoms with Crippen LogP contribution >= 0.6 is 15.9 Å². The van der Waals surface area contributed by atoms with Gasteiger partial charge in [0.25, 0.3) is 0 Å². The number of alkyl halides is 1. The summed E-state index contributed by atoms with van der Waals surface area (Å²) in [5.74, 6) is 0. The molecule has 0 heterocycles. The van der Waals surface area contributed by atoms with Crippen molar-refractivity contribution in [3.63, 3.8) is 0 Å². The number of hydrogen-bond donors (Lipinski definition) is 0. The zero-order valence-electron chi connectivity index (χ0n) is 6.58. The Kier molecular flexibility index (Phi) is 6.85. The molecule has 12 heavy (non-hydrogen) atoms. The maximum atomic E-state index is 10.2. The Morgan fingerprint density at radius 1 is 1.58 bits per heavy atom. The Morgan fingerprint density at radius 2 is 2.25 bits per heavy atom. The molecule has 1 aromatic carbocycles. The van der Waals surface area contributed by atoms with E-state index in [1.54, 1.807) is 6.07 Å². The van der Waals surface area contributed by atoms with E-state index in [0.717, 1.165) is 5.56 Å². The average molecular weight is 300 g/mol. The van der Waals surface area contributed by atoms with Crippen LogP contribution in [0.3, 0.4) is 0 Å². The molecule has 0 saturated carbocycles. The molecule has 0 aliphatic heterocycles. The van der Waals surface area contributed by atoms with E-state index in [1.807, 2.05) is 0 Å². The molecule has 0 saturated heterocycles. The molecule has 58 valence electrons. The Balaban J connectivity index is 0.00000121. The summed E-state index contributed by atoms with van der Waals surface area (Å²) in [4.78, 5) is 9.74. The fourth-order valence-corrected chi connectivity index (χ4v) is 0.994. The van der Waals surface area contributed by atoms with Crippen molar-refractivity contribution in [1.82, 2.24) is 0 Å². The number of rotatable bonds is 2. The topological polar surface area (TPSA) is 43.1 Å². The molecule has 1 aromatic rings. The minimum Gasteiger partial charge on any atom is -0.270 e. The number of benzene rings is 1. The molecule has 0 radical (unpaired) electrons. The van der Waals surface area contributed by atoms with Crippen molar-refractivity contribution in [2.24, 2.45) is 0 Å². The number of nitro groups is 1. The molecule has 0 aliphatic rings. The third-order valence-corrected chi connectivity index (χ3v) is 1.82. The van der Waals surface area contributed by atoms with E-state index >= 15 is 0 Å². The molecular formula is C7H5BrNO2Rb. The SMILES string of the molecule is O=[N+]([O-])c1c[c-]c(CBr)cc1.[Rb+]. The van der Waals surface area contributed by atoms with Crippen LogP contribution in [-0.4, -0.2) is 4.92 Å². The third kappa shape index (κ3) is 3.74. The van der Waals surface area contributed by atoms with Crippen LogP contribution in [-0.2, 0) is 5.33 Å². The first-order chi connectivity index (χ1) is 5.24. The van der Waals surface area contributed by atoms with Gasteiger partial charge in [-0.1, -0.05) is 22.0 Å². The average Bonchev–Trinajstić information content (AvgIpc) is 2.05. The van der Waals surface area contributed by atoms with Crippen LogP contribution in [0.2, 0.25) is 0 Å². The second-order valence-corrected chi connectivity index (χ2v) is 2.52. The van der Waals surface area contributed by atoms with E-state index in [2.05, 4.69) is 22.0 Å². The summed E-state index contributed by atoms with van der Waals surface area (Å²) in [5, 5.41) is 10.8. The predicted octanol–water partition coefficient (Wildman–Crippen LogP) is -0.706. The zero-order chi connectivity index (χ0) is 8.27. The molecule has 0 aromatic heterocycles. The van der Waals surface area contributed by atoms with Crippen LogP contribution in [0, 0.1) is 16.2 Å². The molecule has 0 fully saturated rings. The summed E-state index contributed by atoms with van der Waals surface area (Å²) >= 11 is 3.22. The number of non-ortho nitro benzene ring substituents is 1. The van der Waals surface area contributed by atoms with Crippen LogP contribution in [0.25, 0.3) is 0 Å². The first-order valence-corrected chi connectivity index (χ1v) is 4.07. The second kappa shape index (κ2) is 6.37. The first kappa shape index (κ1) is 12.9. The van der Waals surface area contributed by atoms with Crippen molar-refractivity contribution >= 4 is 21.6 Å². The first-order valence-electron chi connectivity index (χ1n) is 2.95. The van der Waals surface area contributed by atoms with E-state index in [0.29, 0.717) is 5.33 Å². The van der Waals surface area contributed by atoms with Gasteiger partial charge < -0.3 is 0 Å². The Bertz CT molecular complexity index is 263. The van der Waals surface area contributed by atoms with Gasteiger partial charge in [-0.25, -0.2) is 0 Å². The second-order valence-electron chi connectivity index (χ2n) is 1.96. The molecule has 0 aliphatic carbocycles. The van der Waals surface area contributed by atoms with Crippen molar-refractivity contribution in [2.45, 2.75) is 5.33 Å². The van der Waals surface area contributed by atoms with Crippen LogP contribution < -0.4 is 58.2 Å². The largest absolute Gasteiger partial charge is 1.00 e. The summed E-state index contributed by atoms with van der Waals surface area (Å²) in [6.07, 6.45) is 0. The van der Waals surface area contributed by atoms with Gasteiger partial charge in [-0.2, -0.15) is 17.7 Å². The summed E-state index contributed by atoms with van der Waals surface area (Å²) < 4.78 is 0. The number of nitro benzene ring substituents is 1. The van der Waals surface area contributed by atoms with Crippen molar-refractivity contribution in [3.8, 4) is 0 Å². The van der Waals surface area contributed by atoms with Gasteiger partial charge in [0.15, 0.2) is 5.69 Å². The van der Waals surface area contributed by atoms with Gasteiger partial charge in [0.1, 0.15) is 0 Å². The molecule has 0 unspecified atom stereocenters. The van der Waals surface area contributed by atoms with Crippen molar-refractivity contribution < 1.29 is 63.1 Å². The molecule has 3 nitrogen and oxygen atoms in total. The van der Waals surface area contributed by atoms with Crippen molar-refractivity contribution in [1.29, 1.82) is 0 Å². The standard InChI is InChI=1S/C7H5BrNO2.Rb/c8-5-6-1-3-7(4-2-6)9(10)11;/h1,3-4H,5H2;/q-1;+1. The van der Waals surface area contributed by atoms with E-state index in [9.17, 15) is 10.1 Å². The summed E-state index contributed by atoms with van der Waals surface area (Å²) in [6, 6.07) is 7.29. The summed E-state index contributed by atoms with van der Waals surface area (Å²) in [6.45, 7) is 0. The normalized spacial score (nSPS) is 8.75. The van der Waals surface area contributed by atoms with Crippen molar-refractivity contribution in [2.75, 3.05) is 0 Å². The molecule has 0 bridgehead atoms. The summed E-state index contributed by atoms with van der Waals surface area (Å²) in [5.41, 5.74) is 0.991. The van der Waals surface area contributed by atoms with Crippen LogP contribution in [0.4, 0.5) is 5.69 Å². The number of hydrogen-bond acceptors (Lipinski definition) is 2. The van der Waals surface area contributed by atoms with Crippen molar-refractivity contribution in [3.05, 3.63) is 39.9 Å². The smallest absolute Gasteiger partial charge is 0.270 e. The molecule has 0 spiro atoms. The van der Waals surface area contributed by atoms with Crippen LogP contribution in [0.15, 0.2) is 18.2 Å². The maximum absolute atomic E-state index is 10.2. The van der Waals surface area contributed by atoms with Gasteiger partial charge >= 0.3 is 58.2 Å². The van der Waals surface area contributed by atoms with Crippen LogP contribution in [0.5, 0.6) is 0 Å². The fraction of sp³-hybridized carbons (Fsp3) is 0.143. The van der Waals surface area contributed by atoms with E-state index in [4.69, 9.17) is 0 Å². The Labute approximate surface area is 128 Å². The van der Waals surface area contributed by atoms with E-state index in [-0.39, 0.29) is 63.9 Å². The number of nitrogens with zero attached hydrogens (tertiary/aromatic N) is 1.